The minimum Gasteiger partial charge on any atom is -0.508 e. The first-order valence-corrected chi connectivity index (χ1v) is 4.13. The number of phenolic OH excluding ortho intramolecular Hbond substituents is 1. The number of alkyl halides is 3. The van der Waals surface area contributed by atoms with Gasteiger partial charge in [-0.25, -0.2) is 0 Å². The van der Waals surface area contributed by atoms with Crippen LogP contribution in [-0.2, 0) is 4.74 Å². The molecule has 1 atom stereocenters. The molecule has 0 heterocycles. The van der Waals surface area contributed by atoms with Crippen LogP contribution in [0.1, 0.15) is 11.6 Å². The molecule has 0 saturated carbocycles. The van der Waals surface area contributed by atoms with Crippen molar-refractivity contribution in [2.75, 3.05) is 6.61 Å². The molecule has 0 aliphatic rings. The van der Waals surface area contributed by atoms with Gasteiger partial charge in [0.1, 0.15) is 5.75 Å². The molecule has 0 bridgehead atoms. The van der Waals surface area contributed by atoms with Gasteiger partial charge in [-0.05, 0) is 17.7 Å². The van der Waals surface area contributed by atoms with E-state index in [9.17, 15) is 13.2 Å². The molecule has 1 rings (SSSR count). The number of hydrogen-bond acceptors (Lipinski definition) is 3. The summed E-state index contributed by atoms with van der Waals surface area (Å²) < 4.78 is 38.6. The molecule has 0 aliphatic carbocycles. The zero-order valence-corrected chi connectivity index (χ0v) is 8.89. The van der Waals surface area contributed by atoms with Gasteiger partial charge in [0.25, 0.3) is 0 Å². The highest BCUT2D eigenvalue weighted by Gasteiger charge is 2.30. The molecule has 0 radical (unpaired) electrons. The topological polar surface area (TPSA) is 55.5 Å². The van der Waals surface area contributed by atoms with Gasteiger partial charge in [-0.1, -0.05) is 12.1 Å². The van der Waals surface area contributed by atoms with Crippen LogP contribution in [0.3, 0.4) is 0 Å². The van der Waals surface area contributed by atoms with E-state index in [0.29, 0.717) is 5.56 Å². The van der Waals surface area contributed by atoms with E-state index >= 15 is 0 Å². The average molecular weight is 258 g/mol. The van der Waals surface area contributed by atoms with Crippen molar-refractivity contribution in [3.05, 3.63) is 29.8 Å². The van der Waals surface area contributed by atoms with Gasteiger partial charge in [0.2, 0.25) is 0 Å². The van der Waals surface area contributed by atoms with E-state index in [1.165, 1.54) is 24.3 Å². The van der Waals surface area contributed by atoms with Crippen molar-refractivity contribution >= 4 is 12.4 Å². The van der Waals surface area contributed by atoms with Crippen molar-refractivity contribution in [3.63, 3.8) is 0 Å². The Kier molecular flexibility index (Phi) is 5.57. The Hall–Kier alpha value is -0.980. The van der Waals surface area contributed by atoms with Crippen LogP contribution < -0.4 is 5.73 Å². The maximum absolute atomic E-state index is 11.7. The monoisotopic (exact) mass is 257 g/mol. The first kappa shape index (κ1) is 15.0. The minimum atomic E-state index is -4.69. The summed E-state index contributed by atoms with van der Waals surface area (Å²) in [5, 5.41) is 9.07. The maximum Gasteiger partial charge on any atom is 0.522 e. The Morgan fingerprint density at radius 3 is 2.50 bits per heavy atom. The van der Waals surface area contributed by atoms with Crippen LogP contribution in [0.4, 0.5) is 13.2 Å². The van der Waals surface area contributed by atoms with Crippen molar-refractivity contribution in [1.29, 1.82) is 0 Å². The Balaban J connectivity index is 0.00000225. The Bertz CT molecular complexity index is 333. The molecule has 0 amide bonds. The molecule has 1 aromatic carbocycles. The fourth-order valence-corrected chi connectivity index (χ4v) is 1.04. The van der Waals surface area contributed by atoms with Crippen LogP contribution in [0.5, 0.6) is 5.75 Å². The van der Waals surface area contributed by atoms with E-state index in [1.54, 1.807) is 0 Å². The lowest BCUT2D eigenvalue weighted by molar-refractivity contribution is -0.326. The van der Waals surface area contributed by atoms with E-state index in [4.69, 9.17) is 10.8 Å². The fraction of sp³-hybridized carbons (Fsp3) is 0.333. The third kappa shape index (κ3) is 5.20. The summed E-state index contributed by atoms with van der Waals surface area (Å²) in [6, 6.07) is 4.80. The summed E-state index contributed by atoms with van der Waals surface area (Å²) in [6.45, 7) is -0.674. The molecule has 1 aromatic rings. The van der Waals surface area contributed by atoms with Gasteiger partial charge in [0.15, 0.2) is 0 Å². The molecule has 92 valence electrons. The molecule has 0 aliphatic heterocycles. The van der Waals surface area contributed by atoms with Crippen LogP contribution in [0, 0.1) is 0 Å². The molecule has 16 heavy (non-hydrogen) atoms. The molecule has 0 spiro atoms. The third-order valence-electron chi connectivity index (χ3n) is 1.72. The van der Waals surface area contributed by atoms with Crippen molar-refractivity contribution < 1.29 is 23.0 Å². The second kappa shape index (κ2) is 5.93. The number of halogens is 4. The van der Waals surface area contributed by atoms with Crippen molar-refractivity contribution in [2.24, 2.45) is 5.73 Å². The lowest BCUT2D eigenvalue weighted by Gasteiger charge is -2.14. The zero-order chi connectivity index (χ0) is 11.5. The Morgan fingerprint density at radius 1 is 1.38 bits per heavy atom. The van der Waals surface area contributed by atoms with Gasteiger partial charge < -0.3 is 10.8 Å². The predicted molar refractivity (Wildman–Crippen MR) is 54.3 cm³/mol. The summed E-state index contributed by atoms with van der Waals surface area (Å²) >= 11 is 0. The molecule has 0 fully saturated rings. The number of nitrogens with two attached hydrogens (primary N) is 1. The number of hydrogen-bond donors (Lipinski definition) is 2. The molecular weight excluding hydrogens is 247 g/mol. The fourth-order valence-electron chi connectivity index (χ4n) is 1.04. The van der Waals surface area contributed by atoms with Crippen LogP contribution in [0.15, 0.2) is 24.3 Å². The van der Waals surface area contributed by atoms with Crippen LogP contribution in [0.25, 0.3) is 0 Å². The number of ether oxygens (including phenoxy) is 1. The SMILES string of the molecule is Cl.NC(COC(F)(F)F)c1cccc(O)c1. The summed E-state index contributed by atoms with van der Waals surface area (Å²) in [7, 11) is 0. The molecule has 0 saturated heterocycles. The highest BCUT2D eigenvalue weighted by molar-refractivity contribution is 5.85. The zero-order valence-electron chi connectivity index (χ0n) is 8.07. The van der Waals surface area contributed by atoms with E-state index in [1.807, 2.05) is 0 Å². The molecule has 7 heteroatoms. The smallest absolute Gasteiger partial charge is 0.508 e. The predicted octanol–water partition coefficient (Wildman–Crippen LogP) is 2.35. The normalized spacial score (nSPS) is 13.0. The second-order valence-corrected chi connectivity index (χ2v) is 2.96. The average Bonchev–Trinajstić information content (AvgIpc) is 2.13. The third-order valence-corrected chi connectivity index (χ3v) is 1.72. The highest BCUT2D eigenvalue weighted by atomic mass is 35.5. The lowest BCUT2D eigenvalue weighted by atomic mass is 10.1. The van der Waals surface area contributed by atoms with Gasteiger partial charge in [0, 0.05) is 0 Å². The number of rotatable bonds is 3. The van der Waals surface area contributed by atoms with E-state index in [2.05, 4.69) is 4.74 Å². The van der Waals surface area contributed by atoms with Gasteiger partial charge in [-0.2, -0.15) is 0 Å². The van der Waals surface area contributed by atoms with E-state index < -0.39 is 19.0 Å². The largest absolute Gasteiger partial charge is 0.522 e. The molecular formula is C9H11ClF3NO2. The number of phenols is 1. The standard InChI is InChI=1S/C9H10F3NO2.ClH/c10-9(11,12)15-5-8(13)6-2-1-3-7(14)4-6;/h1-4,8,14H,5,13H2;1H. The van der Waals surface area contributed by atoms with Crippen molar-refractivity contribution in [1.82, 2.24) is 0 Å². The highest BCUT2D eigenvalue weighted by Crippen LogP contribution is 2.21. The number of benzene rings is 1. The van der Waals surface area contributed by atoms with E-state index in [0.717, 1.165) is 0 Å². The second-order valence-electron chi connectivity index (χ2n) is 2.96. The molecule has 1 unspecified atom stereocenters. The van der Waals surface area contributed by atoms with Crippen LogP contribution in [-0.4, -0.2) is 18.1 Å². The lowest BCUT2D eigenvalue weighted by Crippen LogP contribution is -2.23. The molecule has 3 nitrogen and oxygen atoms in total. The molecule has 3 N–H and O–H groups in total. The first-order valence-electron chi connectivity index (χ1n) is 4.13. The Labute approximate surface area is 96.4 Å². The van der Waals surface area contributed by atoms with Gasteiger partial charge in [0.05, 0.1) is 12.6 Å². The summed E-state index contributed by atoms with van der Waals surface area (Å²) in [4.78, 5) is 0. The maximum atomic E-state index is 11.7. The van der Waals surface area contributed by atoms with E-state index in [-0.39, 0.29) is 18.2 Å². The molecule has 0 aromatic heterocycles. The van der Waals surface area contributed by atoms with Crippen molar-refractivity contribution in [3.8, 4) is 5.75 Å². The summed E-state index contributed by atoms with van der Waals surface area (Å²) in [5.74, 6) is -0.0463. The van der Waals surface area contributed by atoms with Crippen LogP contribution >= 0.6 is 12.4 Å². The summed E-state index contributed by atoms with van der Waals surface area (Å²) in [5.41, 5.74) is 5.82. The van der Waals surface area contributed by atoms with Crippen LogP contribution in [0.2, 0.25) is 0 Å². The summed E-state index contributed by atoms with van der Waals surface area (Å²) in [6.07, 6.45) is -4.69. The van der Waals surface area contributed by atoms with Gasteiger partial charge in [-0.3, -0.25) is 4.74 Å². The minimum absolute atomic E-state index is 0. The van der Waals surface area contributed by atoms with Gasteiger partial charge in [-0.15, -0.1) is 25.6 Å². The van der Waals surface area contributed by atoms with Crippen molar-refractivity contribution in [2.45, 2.75) is 12.4 Å². The van der Waals surface area contributed by atoms with Gasteiger partial charge >= 0.3 is 6.36 Å². The first-order chi connectivity index (χ1) is 6.88. The quantitative estimate of drug-likeness (QED) is 0.874. The Morgan fingerprint density at radius 2 is 2.00 bits per heavy atom. The number of aromatic hydroxyl groups is 1.